The molecule has 6 rings (SSSR count). The highest BCUT2D eigenvalue weighted by atomic mass is 32.1. The van der Waals surface area contributed by atoms with Crippen molar-refractivity contribution < 1.29 is 33.8 Å². The molecule has 0 saturated carbocycles. The highest BCUT2D eigenvalue weighted by molar-refractivity contribution is 7.59. The lowest BCUT2D eigenvalue weighted by atomic mass is 9.86. The Morgan fingerprint density at radius 3 is 1.38 bits per heavy atom. The van der Waals surface area contributed by atoms with Gasteiger partial charge in [0.05, 0.1) is 33.1 Å². The van der Waals surface area contributed by atoms with Gasteiger partial charge in [0, 0.05) is 91.9 Å². The highest BCUT2D eigenvalue weighted by Crippen LogP contribution is 2.34. The van der Waals surface area contributed by atoms with E-state index in [0.717, 1.165) is 81.6 Å². The van der Waals surface area contributed by atoms with Crippen molar-refractivity contribution in [3.05, 3.63) is 175 Å². The van der Waals surface area contributed by atoms with Crippen LogP contribution in [0.5, 0.6) is 0 Å². The van der Waals surface area contributed by atoms with Crippen molar-refractivity contribution in [2.24, 2.45) is 17.6 Å². The Morgan fingerprint density at radius 1 is 0.583 bits per heavy atom. The van der Waals surface area contributed by atoms with Gasteiger partial charge in [0.1, 0.15) is 6.04 Å². The van der Waals surface area contributed by atoms with E-state index >= 15 is 0 Å². The SMILES string of the molecule is C.CC(C)CC(C(=O)O)n1cc(CCN(C)C)ccc1=O.COC(=O)C[C@H](CC(=O)C(CC(C)C)n1cc(CCN(C)C)ccc1=O)c1cncc(-c2c(C)cccc2C)c1.COC(=O)C[C@H](N)c1cncc(-c2c(C)cccc2C)c1.S.S. The number of benzene rings is 2. The molecular formula is C66H95N7O9S2. The lowest BCUT2D eigenvalue weighted by Gasteiger charge is -2.24. The van der Waals surface area contributed by atoms with Crippen molar-refractivity contribution in [1.82, 2.24) is 28.9 Å². The minimum atomic E-state index is -0.953. The van der Waals surface area contributed by atoms with Crippen LogP contribution in [0.1, 0.15) is 136 Å². The van der Waals surface area contributed by atoms with Gasteiger partial charge in [0.25, 0.3) is 11.1 Å². The monoisotopic (exact) mass is 1190 g/mol. The van der Waals surface area contributed by atoms with Gasteiger partial charge in [-0.3, -0.25) is 33.9 Å². The molecule has 0 saturated heterocycles. The molecular weight excluding hydrogens is 1100 g/mol. The number of esters is 2. The van der Waals surface area contributed by atoms with Gasteiger partial charge in [-0.25, -0.2) is 4.79 Å². The number of Topliss-reactive ketones (excluding diaryl/α,β-unsaturated/α-hetero) is 1. The number of nitrogens with two attached hydrogens (primary N) is 1. The van der Waals surface area contributed by atoms with Crippen molar-refractivity contribution in [3.8, 4) is 22.3 Å². The summed E-state index contributed by atoms with van der Waals surface area (Å²) in [5.41, 5.74) is 18.1. The number of nitrogens with zero attached hydrogens (tertiary/aromatic N) is 6. The van der Waals surface area contributed by atoms with Gasteiger partial charge in [-0.2, -0.15) is 27.0 Å². The molecule has 0 radical (unpaired) electrons. The third-order valence-corrected chi connectivity index (χ3v) is 14.1. The predicted molar refractivity (Wildman–Crippen MR) is 349 cm³/mol. The number of aryl methyl sites for hydroxylation is 4. The minimum absolute atomic E-state index is 0. The molecule has 4 heterocycles. The van der Waals surface area contributed by atoms with Crippen LogP contribution in [-0.2, 0) is 41.5 Å². The summed E-state index contributed by atoms with van der Waals surface area (Å²) in [6.45, 7) is 18.0. The molecule has 84 heavy (non-hydrogen) atoms. The molecule has 3 N–H and O–H groups in total. The summed E-state index contributed by atoms with van der Waals surface area (Å²) >= 11 is 0. The number of carbonyl (C=O) groups excluding carboxylic acids is 3. The topological polar surface area (TPSA) is 209 Å². The maximum atomic E-state index is 14.0. The van der Waals surface area contributed by atoms with E-state index in [-0.39, 0.29) is 88.4 Å². The van der Waals surface area contributed by atoms with E-state index in [1.165, 1.54) is 36.0 Å². The van der Waals surface area contributed by atoms with E-state index in [1.807, 2.05) is 105 Å². The normalized spacial score (nSPS) is 12.2. The molecule has 2 aromatic carbocycles. The first-order valence-electron chi connectivity index (χ1n) is 27.7. The van der Waals surface area contributed by atoms with Crippen LogP contribution in [-0.4, -0.2) is 113 Å². The molecule has 0 spiro atoms. The van der Waals surface area contributed by atoms with E-state index in [0.29, 0.717) is 12.8 Å². The lowest BCUT2D eigenvalue weighted by Crippen LogP contribution is -2.32. The van der Waals surface area contributed by atoms with Crippen LogP contribution in [0, 0.1) is 39.5 Å². The smallest absolute Gasteiger partial charge is 0.326 e. The number of carboxylic acids is 1. The van der Waals surface area contributed by atoms with Crippen molar-refractivity contribution in [1.29, 1.82) is 0 Å². The second-order valence-electron chi connectivity index (χ2n) is 22.4. The molecule has 0 aliphatic heterocycles. The van der Waals surface area contributed by atoms with Gasteiger partial charge in [0.2, 0.25) is 0 Å². The zero-order valence-corrected chi connectivity index (χ0v) is 53.2. The fraction of sp³-hybridized carbons (Fsp3) is 0.455. The molecule has 0 amide bonds. The Hall–Kier alpha value is -6.70. The van der Waals surface area contributed by atoms with Gasteiger partial charge in [-0.1, -0.05) is 83.7 Å². The number of hydrogen-bond donors (Lipinski definition) is 2. The maximum Gasteiger partial charge on any atom is 0.326 e. The summed E-state index contributed by atoms with van der Waals surface area (Å²) in [6.07, 6.45) is 13.4. The maximum absolute atomic E-state index is 14.0. The minimum Gasteiger partial charge on any atom is -0.480 e. The molecule has 6 aromatic rings. The Kier molecular flexibility index (Phi) is 33.1. The van der Waals surface area contributed by atoms with E-state index in [1.54, 1.807) is 35.3 Å². The fourth-order valence-electron chi connectivity index (χ4n) is 9.72. The summed E-state index contributed by atoms with van der Waals surface area (Å²) in [5, 5.41) is 9.34. The molecule has 18 heteroatoms. The van der Waals surface area contributed by atoms with E-state index in [4.69, 9.17) is 10.5 Å². The predicted octanol–water partition coefficient (Wildman–Crippen LogP) is 10.9. The zero-order valence-electron chi connectivity index (χ0n) is 51.2. The number of aromatic nitrogens is 4. The second kappa shape index (κ2) is 36.9. The summed E-state index contributed by atoms with van der Waals surface area (Å²) in [7, 11) is 10.7. The standard InChI is InChI=1S/C33H43N3O4.C17H20N2O2.C15H24N2O3.CH4.2H2S/c1-22(2)15-29(36-21-25(11-12-31(36)38)13-14-35(5)6)30(37)17-26(18-32(39)40-7)27-16-28(20-34-19-27)33-23(3)9-8-10-24(33)4;1-11-5-4-6-12(2)17(11)14-7-13(9-19-10-14)15(18)8-16(20)21-3;1-11(2)9-13(15(19)20)17-10-12(5-6-14(17)18)7-8-16(3)4;;;/h8-12,16,19-22,26,29H,13-15,17-18H2,1-7H3;4-7,9-10,15H,8,18H2,1-3H3;5-6,10-11,13H,7-9H2,1-4H3,(H,19,20);1H4;2*1H2/t26-,29?;15-;;;;/m00..../s1. The number of methoxy groups -OCH3 is 2. The van der Waals surface area contributed by atoms with Crippen molar-refractivity contribution in [2.45, 2.75) is 132 Å². The molecule has 4 atom stereocenters. The third-order valence-electron chi connectivity index (χ3n) is 14.1. The number of rotatable bonds is 24. The van der Waals surface area contributed by atoms with Crippen LogP contribution in [0.25, 0.3) is 22.3 Å². The lowest BCUT2D eigenvalue weighted by molar-refractivity contribution is -0.142. The van der Waals surface area contributed by atoms with Crippen molar-refractivity contribution in [2.75, 3.05) is 55.5 Å². The fourth-order valence-corrected chi connectivity index (χ4v) is 9.72. The largest absolute Gasteiger partial charge is 0.480 e. The summed E-state index contributed by atoms with van der Waals surface area (Å²) < 4.78 is 12.6. The van der Waals surface area contributed by atoms with Crippen LogP contribution in [0.15, 0.2) is 120 Å². The average molecular weight is 1190 g/mol. The molecule has 16 nitrogen and oxygen atoms in total. The van der Waals surface area contributed by atoms with E-state index in [9.17, 15) is 33.9 Å². The zero-order chi connectivity index (χ0) is 60.1. The Labute approximate surface area is 513 Å². The quantitative estimate of drug-likeness (QED) is 0.0541. The average Bonchev–Trinajstić information content (AvgIpc) is 3.46. The Bertz CT molecular complexity index is 3130. The molecule has 0 bridgehead atoms. The van der Waals surface area contributed by atoms with Crippen LogP contribution >= 0.6 is 27.0 Å². The highest BCUT2D eigenvalue weighted by Gasteiger charge is 2.29. The first-order valence-corrected chi connectivity index (χ1v) is 27.7. The molecule has 460 valence electrons. The van der Waals surface area contributed by atoms with Crippen LogP contribution in [0.2, 0.25) is 0 Å². The van der Waals surface area contributed by atoms with Crippen molar-refractivity contribution in [3.63, 3.8) is 0 Å². The Morgan fingerprint density at radius 2 is 0.976 bits per heavy atom. The number of ether oxygens (including phenoxy) is 2. The number of carbonyl (C=O) groups is 4. The van der Waals surface area contributed by atoms with Crippen LogP contribution in [0.4, 0.5) is 0 Å². The number of likely N-dealkylation sites (N-methyl/N-ethyl adjacent to an activating group) is 2. The first kappa shape index (κ1) is 75.3. The first-order chi connectivity index (χ1) is 38.3. The van der Waals surface area contributed by atoms with Gasteiger partial charge in [-0.05, 0) is 161 Å². The van der Waals surface area contributed by atoms with Gasteiger partial charge >= 0.3 is 17.9 Å². The van der Waals surface area contributed by atoms with Crippen LogP contribution < -0.4 is 16.9 Å². The molecule has 2 unspecified atom stereocenters. The van der Waals surface area contributed by atoms with Crippen molar-refractivity contribution >= 4 is 50.7 Å². The van der Waals surface area contributed by atoms with Gasteiger partial charge < -0.3 is 39.2 Å². The molecule has 0 aliphatic carbocycles. The number of pyridine rings is 4. The second-order valence-corrected chi connectivity index (χ2v) is 22.4. The van der Waals surface area contributed by atoms with E-state index < -0.39 is 36.0 Å². The Balaban J connectivity index is 0.000000679. The summed E-state index contributed by atoms with van der Waals surface area (Å²) in [6, 6.07) is 21.1. The van der Waals surface area contributed by atoms with Gasteiger partial charge in [-0.15, -0.1) is 0 Å². The molecule has 4 aromatic heterocycles. The van der Waals surface area contributed by atoms with Crippen LogP contribution in [0.3, 0.4) is 0 Å². The summed E-state index contributed by atoms with van der Waals surface area (Å²) in [5.74, 6) is -1.76. The number of aliphatic carboxylic acids is 1. The number of ketones is 1. The van der Waals surface area contributed by atoms with Gasteiger partial charge in [0.15, 0.2) is 5.78 Å². The third kappa shape index (κ3) is 23.4. The molecule has 0 fully saturated rings. The number of hydrogen-bond acceptors (Lipinski definition) is 13. The molecule has 0 aliphatic rings. The summed E-state index contributed by atoms with van der Waals surface area (Å²) in [4.78, 5) is 87.0. The van der Waals surface area contributed by atoms with E-state index in [2.05, 4.69) is 76.5 Å². The number of carboxylic acid groups (broad SMARTS) is 1.